The smallest absolute Gasteiger partial charge is 0.399 e. The zero-order chi connectivity index (χ0) is 19.3. The van der Waals surface area contributed by atoms with E-state index in [0.29, 0.717) is 5.56 Å². The van der Waals surface area contributed by atoms with Crippen LogP contribution >= 0.6 is 0 Å². The number of hydrogen-bond acceptors (Lipinski definition) is 3. The van der Waals surface area contributed by atoms with E-state index in [9.17, 15) is 17.6 Å². The van der Waals surface area contributed by atoms with Gasteiger partial charge in [0.2, 0.25) is 0 Å². The van der Waals surface area contributed by atoms with E-state index in [1.807, 2.05) is 0 Å². The van der Waals surface area contributed by atoms with E-state index >= 15 is 0 Å². The van der Waals surface area contributed by atoms with Crippen LogP contribution in [0.5, 0.6) is 0 Å². The molecule has 0 atom stereocenters. The Bertz CT molecular complexity index is 801. The second-order valence-corrected chi connectivity index (χ2v) is 7.35. The highest BCUT2D eigenvalue weighted by Crippen LogP contribution is 2.37. The zero-order valence-electron chi connectivity index (χ0n) is 14.9. The summed E-state index contributed by atoms with van der Waals surface area (Å²) in [6.07, 6.45) is -3.41. The summed E-state index contributed by atoms with van der Waals surface area (Å²) in [6.45, 7) is 7.05. The van der Waals surface area contributed by atoms with Gasteiger partial charge in [-0.15, -0.1) is 0 Å². The number of aromatic nitrogens is 2. The van der Waals surface area contributed by atoms with Crippen molar-refractivity contribution in [3.63, 3.8) is 0 Å². The minimum Gasteiger partial charge on any atom is -0.399 e. The molecule has 1 fully saturated rings. The molecule has 0 amide bonds. The maximum absolute atomic E-state index is 13.5. The third-order valence-electron chi connectivity index (χ3n) is 4.80. The molecule has 0 N–H and O–H groups in total. The van der Waals surface area contributed by atoms with Crippen molar-refractivity contribution >= 4 is 12.6 Å². The van der Waals surface area contributed by atoms with Gasteiger partial charge in [-0.25, -0.2) is 4.39 Å². The van der Waals surface area contributed by atoms with Gasteiger partial charge < -0.3 is 9.31 Å². The number of rotatable bonds is 3. The molecule has 1 aliphatic heterocycles. The molecule has 4 nitrogen and oxygen atoms in total. The first kappa shape index (κ1) is 18.9. The van der Waals surface area contributed by atoms with Gasteiger partial charge in [0.25, 0.3) is 0 Å². The fraction of sp³-hybridized carbons (Fsp3) is 0.471. The molecule has 2 aromatic rings. The normalized spacial score (nSPS) is 19.2. The van der Waals surface area contributed by atoms with Gasteiger partial charge in [-0.1, -0.05) is 12.1 Å². The highest BCUT2D eigenvalue weighted by Gasteiger charge is 2.54. The van der Waals surface area contributed by atoms with Gasteiger partial charge in [0.1, 0.15) is 5.82 Å². The molecule has 1 aromatic carbocycles. The second kappa shape index (κ2) is 6.09. The van der Waals surface area contributed by atoms with Crippen molar-refractivity contribution < 1.29 is 26.9 Å². The van der Waals surface area contributed by atoms with E-state index in [1.54, 1.807) is 33.8 Å². The van der Waals surface area contributed by atoms with Crippen LogP contribution in [0.15, 0.2) is 30.5 Å². The van der Waals surface area contributed by atoms with Crippen molar-refractivity contribution in [1.29, 1.82) is 0 Å². The van der Waals surface area contributed by atoms with E-state index in [2.05, 4.69) is 5.10 Å². The van der Waals surface area contributed by atoms with Crippen molar-refractivity contribution in [2.75, 3.05) is 0 Å². The quantitative estimate of drug-likeness (QED) is 0.614. The Kier molecular flexibility index (Phi) is 4.43. The van der Waals surface area contributed by atoms with Crippen molar-refractivity contribution in [2.45, 2.75) is 51.6 Å². The molecule has 3 rings (SSSR count). The van der Waals surface area contributed by atoms with Crippen LogP contribution in [-0.2, 0) is 22.0 Å². The van der Waals surface area contributed by atoms with Gasteiger partial charge in [0, 0.05) is 11.7 Å². The Hall–Kier alpha value is -1.87. The monoisotopic (exact) mass is 370 g/mol. The van der Waals surface area contributed by atoms with E-state index < -0.39 is 36.0 Å². The number of benzene rings is 1. The van der Waals surface area contributed by atoms with Crippen LogP contribution in [0.1, 0.15) is 39.0 Å². The van der Waals surface area contributed by atoms with Gasteiger partial charge in [-0.2, -0.15) is 18.3 Å². The highest BCUT2D eigenvalue weighted by atomic mass is 19.4. The molecule has 1 aliphatic rings. The lowest BCUT2D eigenvalue weighted by molar-refractivity contribution is -0.140. The first-order valence-corrected chi connectivity index (χ1v) is 8.14. The molecule has 9 heteroatoms. The third-order valence-corrected chi connectivity index (χ3v) is 4.80. The highest BCUT2D eigenvalue weighted by molar-refractivity contribution is 6.62. The first-order valence-electron chi connectivity index (χ1n) is 8.14. The summed E-state index contributed by atoms with van der Waals surface area (Å²) >= 11 is 0. The van der Waals surface area contributed by atoms with E-state index in [-0.39, 0.29) is 12.0 Å². The Morgan fingerprint density at radius 1 is 1.12 bits per heavy atom. The Morgan fingerprint density at radius 3 is 2.27 bits per heavy atom. The van der Waals surface area contributed by atoms with Crippen LogP contribution in [0.2, 0.25) is 0 Å². The summed E-state index contributed by atoms with van der Waals surface area (Å²) in [5.74, 6) is -0.461. The summed E-state index contributed by atoms with van der Waals surface area (Å²) in [5, 5.41) is 3.66. The number of nitrogens with zero attached hydrogens (tertiary/aromatic N) is 2. The summed E-state index contributed by atoms with van der Waals surface area (Å²) in [7, 11) is -1.18. The second-order valence-electron chi connectivity index (χ2n) is 7.35. The summed E-state index contributed by atoms with van der Waals surface area (Å²) < 4.78 is 66.3. The summed E-state index contributed by atoms with van der Waals surface area (Å²) in [5.41, 5.74) is -2.29. The van der Waals surface area contributed by atoms with Crippen molar-refractivity contribution in [1.82, 2.24) is 9.78 Å². The van der Waals surface area contributed by atoms with Crippen LogP contribution in [0, 0.1) is 5.82 Å². The van der Waals surface area contributed by atoms with Crippen LogP contribution in [0.4, 0.5) is 17.6 Å². The van der Waals surface area contributed by atoms with E-state index in [1.165, 1.54) is 24.4 Å². The molecule has 0 radical (unpaired) electrons. The Balaban J connectivity index is 1.96. The van der Waals surface area contributed by atoms with Crippen molar-refractivity contribution in [3.8, 4) is 0 Å². The van der Waals surface area contributed by atoms with E-state index in [0.717, 1.165) is 4.68 Å². The molecule has 1 saturated heterocycles. The molecule has 0 spiro atoms. The lowest BCUT2D eigenvalue weighted by Crippen LogP contribution is -2.41. The molecule has 0 bridgehead atoms. The van der Waals surface area contributed by atoms with Crippen LogP contribution in [0.25, 0.3) is 0 Å². The average molecular weight is 370 g/mol. The largest absolute Gasteiger partial charge is 0.498 e. The predicted octanol–water partition coefficient (Wildman–Crippen LogP) is 3.39. The topological polar surface area (TPSA) is 36.3 Å². The van der Waals surface area contributed by atoms with Gasteiger partial charge in [-0.05, 0) is 45.4 Å². The maximum Gasteiger partial charge on any atom is 0.498 e. The molecule has 26 heavy (non-hydrogen) atoms. The first-order chi connectivity index (χ1) is 11.9. The van der Waals surface area contributed by atoms with Crippen molar-refractivity contribution in [3.05, 3.63) is 47.5 Å². The third kappa shape index (κ3) is 3.50. The van der Waals surface area contributed by atoms with Gasteiger partial charge >= 0.3 is 13.3 Å². The van der Waals surface area contributed by atoms with Gasteiger partial charge in [-0.3, -0.25) is 4.68 Å². The fourth-order valence-electron chi connectivity index (χ4n) is 2.70. The lowest BCUT2D eigenvalue weighted by Gasteiger charge is -2.32. The lowest BCUT2D eigenvalue weighted by atomic mass is 9.79. The predicted molar refractivity (Wildman–Crippen MR) is 88.4 cm³/mol. The molecule has 0 saturated carbocycles. The molecule has 0 aliphatic carbocycles. The molecular formula is C17H19BF4N2O2. The molecular weight excluding hydrogens is 351 g/mol. The van der Waals surface area contributed by atoms with Crippen LogP contribution < -0.4 is 5.46 Å². The Labute approximate surface area is 149 Å². The molecule has 1 aromatic heterocycles. The SMILES string of the molecule is CC1(C)OB(c2cn(Cc3cccc(F)c3)nc2C(F)(F)F)OC1(C)C. The Morgan fingerprint density at radius 2 is 1.73 bits per heavy atom. The number of halogens is 4. The fourth-order valence-corrected chi connectivity index (χ4v) is 2.70. The average Bonchev–Trinajstić information content (AvgIpc) is 2.98. The maximum atomic E-state index is 13.5. The molecule has 0 unspecified atom stereocenters. The zero-order valence-corrected chi connectivity index (χ0v) is 14.9. The van der Waals surface area contributed by atoms with Crippen LogP contribution in [-0.4, -0.2) is 28.1 Å². The minimum atomic E-state index is -4.66. The standard InChI is InChI=1S/C17H19BF4N2O2/c1-15(2)16(3,4)26-18(25-15)13-10-24(23-14(13)17(20,21)22)9-11-6-5-7-12(19)8-11/h5-8,10H,9H2,1-4H3. The number of alkyl halides is 3. The van der Waals surface area contributed by atoms with Crippen molar-refractivity contribution in [2.24, 2.45) is 0 Å². The van der Waals surface area contributed by atoms with Gasteiger partial charge in [0.05, 0.1) is 17.7 Å². The molecule has 140 valence electrons. The summed E-state index contributed by atoms with van der Waals surface area (Å²) in [4.78, 5) is 0. The summed E-state index contributed by atoms with van der Waals surface area (Å²) in [6, 6.07) is 5.63. The van der Waals surface area contributed by atoms with Crippen LogP contribution in [0.3, 0.4) is 0 Å². The van der Waals surface area contributed by atoms with Gasteiger partial charge in [0.15, 0.2) is 5.69 Å². The molecule has 2 heterocycles. The number of hydrogen-bond donors (Lipinski definition) is 0. The minimum absolute atomic E-state index is 0.000343. The van der Waals surface area contributed by atoms with E-state index in [4.69, 9.17) is 9.31 Å².